The van der Waals surface area contributed by atoms with E-state index < -0.39 is 6.09 Å². The number of anilines is 1. The van der Waals surface area contributed by atoms with Gasteiger partial charge in [-0.1, -0.05) is 30.9 Å². The van der Waals surface area contributed by atoms with Crippen molar-refractivity contribution in [1.29, 1.82) is 0 Å². The van der Waals surface area contributed by atoms with Crippen LogP contribution >= 0.6 is 0 Å². The molecule has 0 bridgehead atoms. The van der Waals surface area contributed by atoms with Crippen molar-refractivity contribution < 1.29 is 14.3 Å². The molecular formula is C15H19N3O3. The van der Waals surface area contributed by atoms with Crippen LogP contribution in [0.4, 0.5) is 10.5 Å². The van der Waals surface area contributed by atoms with Crippen LogP contribution in [0, 0.1) is 0 Å². The SMILES string of the molecule is C=CCOC(=O)NN1CCN(C(C)=O)Cc2ccccc21. The zero-order chi connectivity index (χ0) is 15.2. The monoisotopic (exact) mass is 289 g/mol. The van der Waals surface area contributed by atoms with Gasteiger partial charge in [-0.25, -0.2) is 10.2 Å². The summed E-state index contributed by atoms with van der Waals surface area (Å²) in [5, 5.41) is 1.71. The smallest absolute Gasteiger partial charge is 0.426 e. The van der Waals surface area contributed by atoms with E-state index in [1.54, 1.807) is 16.8 Å². The van der Waals surface area contributed by atoms with Gasteiger partial charge < -0.3 is 9.64 Å². The number of nitrogens with zero attached hydrogens (tertiary/aromatic N) is 2. The van der Waals surface area contributed by atoms with Gasteiger partial charge in [0.25, 0.3) is 0 Å². The highest BCUT2D eigenvalue weighted by Crippen LogP contribution is 2.23. The van der Waals surface area contributed by atoms with Gasteiger partial charge in [0.05, 0.1) is 12.2 Å². The van der Waals surface area contributed by atoms with Crippen molar-refractivity contribution in [2.45, 2.75) is 13.5 Å². The number of carbonyl (C=O) groups is 2. The van der Waals surface area contributed by atoms with Gasteiger partial charge in [-0.3, -0.25) is 9.80 Å². The molecule has 1 aliphatic rings. The molecule has 0 atom stereocenters. The van der Waals surface area contributed by atoms with E-state index in [4.69, 9.17) is 4.74 Å². The van der Waals surface area contributed by atoms with Crippen molar-refractivity contribution in [2.24, 2.45) is 0 Å². The number of nitrogens with one attached hydrogen (secondary N) is 1. The second-order valence-electron chi connectivity index (χ2n) is 4.72. The van der Waals surface area contributed by atoms with E-state index in [9.17, 15) is 9.59 Å². The third-order valence-corrected chi connectivity index (χ3v) is 3.24. The van der Waals surface area contributed by atoms with Crippen LogP contribution in [0.15, 0.2) is 36.9 Å². The lowest BCUT2D eigenvalue weighted by Crippen LogP contribution is -2.45. The minimum absolute atomic E-state index is 0.0147. The third kappa shape index (κ3) is 3.75. The first-order valence-electron chi connectivity index (χ1n) is 6.77. The topological polar surface area (TPSA) is 61.9 Å². The summed E-state index contributed by atoms with van der Waals surface area (Å²) in [5.41, 5.74) is 4.55. The quantitative estimate of drug-likeness (QED) is 0.860. The Labute approximate surface area is 123 Å². The van der Waals surface area contributed by atoms with Crippen molar-refractivity contribution in [1.82, 2.24) is 10.3 Å². The van der Waals surface area contributed by atoms with Gasteiger partial charge in [0.2, 0.25) is 5.91 Å². The molecule has 6 heteroatoms. The fourth-order valence-corrected chi connectivity index (χ4v) is 2.20. The molecular weight excluding hydrogens is 270 g/mol. The molecule has 1 aromatic rings. The molecule has 0 aromatic heterocycles. The average molecular weight is 289 g/mol. The second kappa shape index (κ2) is 6.78. The molecule has 0 saturated carbocycles. The molecule has 6 nitrogen and oxygen atoms in total. The maximum Gasteiger partial charge on any atom is 0.426 e. The van der Waals surface area contributed by atoms with E-state index in [-0.39, 0.29) is 12.5 Å². The zero-order valence-electron chi connectivity index (χ0n) is 12.0. The minimum Gasteiger partial charge on any atom is -0.444 e. The van der Waals surface area contributed by atoms with Crippen LogP contribution < -0.4 is 10.4 Å². The lowest BCUT2D eigenvalue weighted by molar-refractivity contribution is -0.129. The Morgan fingerprint density at radius 3 is 2.86 bits per heavy atom. The van der Waals surface area contributed by atoms with Crippen LogP contribution in [0.25, 0.3) is 0 Å². The van der Waals surface area contributed by atoms with Crippen molar-refractivity contribution in [3.63, 3.8) is 0 Å². The molecule has 21 heavy (non-hydrogen) atoms. The number of rotatable bonds is 3. The van der Waals surface area contributed by atoms with Gasteiger partial charge in [-0.05, 0) is 11.6 Å². The third-order valence-electron chi connectivity index (χ3n) is 3.24. The fraction of sp³-hybridized carbons (Fsp3) is 0.333. The zero-order valence-corrected chi connectivity index (χ0v) is 12.0. The molecule has 2 amide bonds. The van der Waals surface area contributed by atoms with Crippen LogP contribution in [0.1, 0.15) is 12.5 Å². The molecule has 0 radical (unpaired) electrons. The molecule has 1 heterocycles. The largest absolute Gasteiger partial charge is 0.444 e. The molecule has 0 unspecified atom stereocenters. The molecule has 112 valence electrons. The van der Waals surface area contributed by atoms with Crippen molar-refractivity contribution >= 4 is 17.7 Å². The highest BCUT2D eigenvalue weighted by molar-refractivity contribution is 5.75. The number of hydrazine groups is 1. The Morgan fingerprint density at radius 2 is 2.14 bits per heavy atom. The predicted octanol–water partition coefficient (Wildman–Crippen LogP) is 1.68. The number of benzene rings is 1. The summed E-state index contributed by atoms with van der Waals surface area (Å²) >= 11 is 0. The van der Waals surface area contributed by atoms with Crippen LogP contribution in [0.3, 0.4) is 0 Å². The number of amides is 2. The maximum absolute atomic E-state index is 11.7. The number of carbonyl (C=O) groups excluding carboxylic acids is 2. The van der Waals surface area contributed by atoms with Crippen LogP contribution in [0.5, 0.6) is 0 Å². The number of hydrogen-bond acceptors (Lipinski definition) is 4. The number of fused-ring (bicyclic) bond motifs is 1. The molecule has 1 aromatic carbocycles. The summed E-state index contributed by atoms with van der Waals surface area (Å²) in [4.78, 5) is 25.1. The van der Waals surface area contributed by atoms with Crippen LogP contribution in [-0.4, -0.2) is 36.6 Å². The molecule has 1 N–H and O–H groups in total. The molecule has 1 aliphatic heterocycles. The Balaban J connectivity index is 2.17. The van der Waals surface area contributed by atoms with E-state index in [0.717, 1.165) is 11.3 Å². The van der Waals surface area contributed by atoms with E-state index in [2.05, 4.69) is 12.0 Å². The van der Waals surface area contributed by atoms with Crippen molar-refractivity contribution in [3.8, 4) is 0 Å². The molecule has 0 spiro atoms. The maximum atomic E-state index is 11.7. The van der Waals surface area contributed by atoms with Gasteiger partial charge in [-0.15, -0.1) is 0 Å². The first-order chi connectivity index (χ1) is 10.1. The molecule has 0 aliphatic carbocycles. The lowest BCUT2D eigenvalue weighted by Gasteiger charge is -2.24. The molecule has 0 fully saturated rings. The Bertz CT molecular complexity index is 545. The number of para-hydroxylation sites is 1. The van der Waals surface area contributed by atoms with Crippen molar-refractivity contribution in [2.75, 3.05) is 24.7 Å². The summed E-state index contributed by atoms with van der Waals surface area (Å²) < 4.78 is 4.93. The van der Waals surface area contributed by atoms with Crippen LogP contribution in [0.2, 0.25) is 0 Å². The first-order valence-corrected chi connectivity index (χ1v) is 6.77. The second-order valence-corrected chi connectivity index (χ2v) is 4.72. The van der Waals surface area contributed by atoms with E-state index >= 15 is 0 Å². The van der Waals surface area contributed by atoms with Gasteiger partial charge in [-0.2, -0.15) is 0 Å². The van der Waals surface area contributed by atoms with Crippen LogP contribution in [-0.2, 0) is 16.1 Å². The first kappa shape index (κ1) is 14.9. The Hall–Kier alpha value is -2.50. The summed E-state index contributed by atoms with van der Waals surface area (Å²) in [5.74, 6) is 0.0147. The highest BCUT2D eigenvalue weighted by Gasteiger charge is 2.22. The standard InChI is InChI=1S/C15H19N3O3/c1-3-10-21-15(20)16-18-9-8-17(12(2)19)11-13-6-4-5-7-14(13)18/h3-7H,1,8-11H2,2H3,(H,16,20). The molecule has 0 saturated heterocycles. The predicted molar refractivity (Wildman–Crippen MR) is 79.6 cm³/mol. The van der Waals surface area contributed by atoms with Gasteiger partial charge in [0.1, 0.15) is 6.61 Å². The normalized spacial score (nSPS) is 14.0. The van der Waals surface area contributed by atoms with E-state index in [1.165, 1.54) is 6.08 Å². The van der Waals surface area contributed by atoms with Gasteiger partial charge >= 0.3 is 6.09 Å². The summed E-state index contributed by atoms with van der Waals surface area (Å²) in [6.07, 6.45) is 0.967. The van der Waals surface area contributed by atoms with E-state index in [1.807, 2.05) is 24.3 Å². The fourth-order valence-electron chi connectivity index (χ4n) is 2.20. The Kier molecular flexibility index (Phi) is 4.81. The summed E-state index contributed by atoms with van der Waals surface area (Å²) in [6, 6.07) is 7.66. The number of hydrogen-bond donors (Lipinski definition) is 1. The Morgan fingerprint density at radius 1 is 1.38 bits per heavy atom. The van der Waals surface area contributed by atoms with Gasteiger partial charge in [0, 0.05) is 20.0 Å². The average Bonchev–Trinajstić information content (AvgIpc) is 2.65. The lowest BCUT2D eigenvalue weighted by atomic mass is 10.1. The highest BCUT2D eigenvalue weighted by atomic mass is 16.6. The minimum atomic E-state index is -0.541. The van der Waals surface area contributed by atoms with Crippen molar-refractivity contribution in [3.05, 3.63) is 42.5 Å². The van der Waals surface area contributed by atoms with Gasteiger partial charge in [0.15, 0.2) is 0 Å². The summed E-state index contributed by atoms with van der Waals surface area (Å²) in [6.45, 7) is 6.76. The summed E-state index contributed by atoms with van der Waals surface area (Å²) in [7, 11) is 0. The molecule has 2 rings (SSSR count). The van der Waals surface area contributed by atoms with E-state index in [0.29, 0.717) is 19.6 Å². The number of ether oxygens (including phenoxy) is 1.